The van der Waals surface area contributed by atoms with Crippen LogP contribution in [0.15, 0.2) is 134 Å². The number of likely N-dealkylation sites (tertiary alicyclic amines) is 1. The third kappa shape index (κ3) is 17.1. The highest BCUT2D eigenvalue weighted by molar-refractivity contribution is 6.13. The van der Waals surface area contributed by atoms with E-state index in [1.54, 1.807) is 77.8 Å². The molecule has 0 saturated carbocycles. The van der Waals surface area contributed by atoms with Crippen molar-refractivity contribution in [3.63, 3.8) is 0 Å². The van der Waals surface area contributed by atoms with E-state index in [0.29, 0.717) is 79.7 Å². The highest BCUT2D eigenvalue weighted by atomic mass is 19.3. The Morgan fingerprint density at radius 3 is 2.11 bits per heavy atom. The lowest BCUT2D eigenvalue weighted by molar-refractivity contribution is -0.134. The lowest BCUT2D eigenvalue weighted by Crippen LogP contribution is -2.55. The topological polar surface area (TPSA) is 240 Å². The minimum atomic E-state index is -2.51. The maximum Gasteiger partial charge on any atom is 0.274 e. The van der Waals surface area contributed by atoms with Gasteiger partial charge in [0.05, 0.1) is 30.0 Å². The quantitative estimate of drug-likeness (QED) is 0.0443. The SMILES string of the molecule is C=C/C=C(C(=N)Cc1ccc(F)c(C(=O)N2CCN(C(=O)CN3CCN(CC4CCN(C(=O)c5ncc(-c6cccc(CC(F)F)c6)cc5NC(=O)CNCc5ccncn5)CC4)CC3)CC2)c1)\C(=C/C)C(N)=O.c1cncnc1. The number of allylic oxidation sites excluding steroid dienone is 3. The molecule has 0 aliphatic carbocycles. The molecule has 420 valence electrons. The molecule has 3 fully saturated rings. The number of hydrogen-bond acceptors (Lipinski definition) is 14. The van der Waals surface area contributed by atoms with Crippen LogP contribution in [0.1, 0.15) is 57.4 Å². The smallest absolute Gasteiger partial charge is 0.274 e. The highest BCUT2D eigenvalue weighted by Gasteiger charge is 2.31. The number of nitrogens with zero attached hydrogens (tertiary/aromatic N) is 10. The molecule has 2 aromatic carbocycles. The van der Waals surface area contributed by atoms with Gasteiger partial charge in [-0.1, -0.05) is 55.1 Å². The lowest BCUT2D eigenvalue weighted by Gasteiger charge is -2.40. The average Bonchev–Trinajstić information content (AvgIpc) is 3.47. The molecule has 22 heteroatoms. The van der Waals surface area contributed by atoms with E-state index in [4.69, 9.17) is 11.1 Å². The summed E-state index contributed by atoms with van der Waals surface area (Å²) >= 11 is 0. The first-order valence-electron chi connectivity index (χ1n) is 26.5. The number of aromatic nitrogens is 5. The van der Waals surface area contributed by atoms with Gasteiger partial charge < -0.3 is 41.4 Å². The number of piperidine rings is 1. The lowest BCUT2D eigenvalue weighted by atomic mass is 9.94. The third-order valence-electron chi connectivity index (χ3n) is 14.0. The van der Waals surface area contributed by atoms with Gasteiger partial charge in [0.15, 0.2) is 5.69 Å². The predicted octanol–water partition coefficient (Wildman–Crippen LogP) is 5.25. The molecule has 3 aliphatic heterocycles. The zero-order valence-electron chi connectivity index (χ0n) is 44.8. The Kier molecular flexibility index (Phi) is 21.9. The summed E-state index contributed by atoms with van der Waals surface area (Å²) in [5.74, 6) is -2.29. The first kappa shape index (κ1) is 59.3. The van der Waals surface area contributed by atoms with Crippen LogP contribution < -0.4 is 16.4 Å². The van der Waals surface area contributed by atoms with Crippen molar-refractivity contribution < 1.29 is 37.1 Å². The second-order valence-corrected chi connectivity index (χ2v) is 19.5. The number of anilines is 1. The number of pyridine rings is 1. The van der Waals surface area contributed by atoms with Gasteiger partial charge in [0.25, 0.3) is 11.8 Å². The molecule has 0 radical (unpaired) electrons. The van der Waals surface area contributed by atoms with Gasteiger partial charge in [-0.3, -0.25) is 28.9 Å². The van der Waals surface area contributed by atoms with Gasteiger partial charge in [-0.15, -0.1) is 0 Å². The minimum Gasteiger partial charge on any atom is -0.366 e. The Balaban J connectivity index is 0.00000144. The summed E-state index contributed by atoms with van der Waals surface area (Å²) in [6.45, 7) is 11.8. The average molecular weight is 1100 g/mol. The number of primary amides is 1. The van der Waals surface area contributed by atoms with Crippen LogP contribution in [0, 0.1) is 17.1 Å². The molecule has 8 rings (SSSR count). The van der Waals surface area contributed by atoms with Crippen LogP contribution >= 0.6 is 0 Å². The van der Waals surface area contributed by atoms with Crippen molar-refractivity contribution in [1.29, 1.82) is 5.41 Å². The summed E-state index contributed by atoms with van der Waals surface area (Å²) in [4.78, 5) is 95.8. The maximum absolute atomic E-state index is 15.1. The zero-order valence-corrected chi connectivity index (χ0v) is 44.8. The molecule has 3 aliphatic rings. The molecule has 5 amide bonds. The first-order valence-corrected chi connectivity index (χ1v) is 26.5. The molecule has 0 atom stereocenters. The number of rotatable bonds is 20. The zero-order chi connectivity index (χ0) is 57.0. The van der Waals surface area contributed by atoms with Crippen LogP contribution in [0.4, 0.5) is 18.9 Å². The number of hydrogen-bond donors (Lipinski definition) is 4. The van der Waals surface area contributed by atoms with E-state index in [-0.39, 0.29) is 78.2 Å². The van der Waals surface area contributed by atoms with Crippen molar-refractivity contribution in [2.45, 2.75) is 45.6 Å². The molecule has 5 N–H and O–H groups in total. The number of halogens is 3. The number of piperazine rings is 2. The second-order valence-electron chi connectivity index (χ2n) is 19.5. The van der Waals surface area contributed by atoms with E-state index in [2.05, 4.69) is 51.9 Å². The van der Waals surface area contributed by atoms with E-state index in [1.165, 1.54) is 60.2 Å². The standard InChI is InChI=1S/C54H63F3N12O5.C4H4N2/c1-3-6-43(42(4-2)52(59)72)46(58)27-38-9-10-45(55)44(26-38)53(73)69-23-21-67(22-24-69)50(71)34-66-19-17-65(18-20-66)33-36-12-15-68(16-13-36)54(74)51-47(64-49(70)32-61-31-41-11-14-60-35-63-41)29-40(30-62-51)39-8-5-7-37(25-39)28-48(56)57;1-2-5-4-6-3-1/h3-11,14,25-26,29-30,35-36,48,58,61H,1,12-13,15-24,27-28,31-34H2,2H3,(H2,59,72)(H,64,70);1-4H/b42-4+,43-6+,58-46?;. The number of carbonyl (C=O) groups is 5. The van der Waals surface area contributed by atoms with Crippen molar-refractivity contribution in [2.75, 3.05) is 90.4 Å². The van der Waals surface area contributed by atoms with Crippen molar-refractivity contribution >= 4 is 40.9 Å². The second kappa shape index (κ2) is 29.6. The van der Waals surface area contributed by atoms with Crippen LogP contribution in [0.2, 0.25) is 0 Å². The van der Waals surface area contributed by atoms with Crippen LogP contribution in [-0.4, -0.2) is 176 Å². The summed E-state index contributed by atoms with van der Waals surface area (Å²) in [6.07, 6.45) is 12.6. The van der Waals surface area contributed by atoms with Crippen molar-refractivity contribution in [3.05, 3.63) is 168 Å². The van der Waals surface area contributed by atoms with Crippen LogP contribution in [-0.2, 0) is 33.8 Å². The van der Waals surface area contributed by atoms with Gasteiger partial charge in [-0.05, 0) is 72.7 Å². The Labute approximate surface area is 463 Å². The van der Waals surface area contributed by atoms with Crippen LogP contribution in [0.25, 0.3) is 11.1 Å². The summed E-state index contributed by atoms with van der Waals surface area (Å²) < 4.78 is 41.5. The Bertz CT molecular complexity index is 2990. The van der Waals surface area contributed by atoms with Crippen LogP contribution in [0.5, 0.6) is 0 Å². The largest absolute Gasteiger partial charge is 0.366 e. The van der Waals surface area contributed by atoms with Gasteiger partial charge in [-0.2, -0.15) is 0 Å². The van der Waals surface area contributed by atoms with E-state index >= 15 is 4.39 Å². The molecule has 5 aromatic rings. The fraction of sp³-hybridized carbons (Fsp3) is 0.362. The molecule has 0 spiro atoms. The molecular formula is C58H67F3N14O5. The van der Waals surface area contributed by atoms with Gasteiger partial charge in [0.1, 0.15) is 18.5 Å². The van der Waals surface area contributed by atoms with Gasteiger partial charge in [-0.25, -0.2) is 38.1 Å². The Morgan fingerprint density at radius 1 is 0.775 bits per heavy atom. The number of alkyl halides is 2. The van der Waals surface area contributed by atoms with E-state index in [1.807, 2.05) is 0 Å². The van der Waals surface area contributed by atoms with Crippen molar-refractivity contribution in [1.82, 2.24) is 54.7 Å². The summed E-state index contributed by atoms with van der Waals surface area (Å²) in [6, 6.07) is 16.0. The van der Waals surface area contributed by atoms with Gasteiger partial charge in [0, 0.05) is 139 Å². The summed E-state index contributed by atoms with van der Waals surface area (Å²) in [5.41, 5.74) is 9.06. The number of amides is 5. The van der Waals surface area contributed by atoms with E-state index in [0.717, 1.165) is 32.5 Å². The molecule has 6 heterocycles. The fourth-order valence-corrected chi connectivity index (χ4v) is 9.75. The predicted molar refractivity (Wildman–Crippen MR) is 297 cm³/mol. The third-order valence-corrected chi connectivity index (χ3v) is 14.0. The number of benzene rings is 2. The van der Waals surface area contributed by atoms with E-state index < -0.39 is 36.4 Å². The first-order chi connectivity index (χ1) is 38.7. The number of nitrogens with two attached hydrogens (primary N) is 1. The molecule has 0 bridgehead atoms. The van der Waals surface area contributed by atoms with E-state index in [9.17, 15) is 32.8 Å². The monoisotopic (exact) mass is 1100 g/mol. The minimum absolute atomic E-state index is 0.0201. The molecule has 80 heavy (non-hydrogen) atoms. The molecule has 3 aromatic heterocycles. The van der Waals surface area contributed by atoms with Crippen molar-refractivity contribution in [2.24, 2.45) is 11.7 Å². The molecular weight excluding hydrogens is 1030 g/mol. The number of carbonyl (C=O) groups excluding carboxylic acids is 5. The highest BCUT2D eigenvalue weighted by Crippen LogP contribution is 2.29. The van der Waals surface area contributed by atoms with Gasteiger partial charge in [0.2, 0.25) is 24.1 Å². The van der Waals surface area contributed by atoms with Gasteiger partial charge >= 0.3 is 0 Å². The normalized spacial score (nSPS) is 15.7. The summed E-state index contributed by atoms with van der Waals surface area (Å²) in [5, 5.41) is 14.5. The molecule has 19 nitrogen and oxygen atoms in total. The Morgan fingerprint density at radius 2 is 1.48 bits per heavy atom. The fourth-order valence-electron chi connectivity index (χ4n) is 9.75. The molecule has 0 unspecified atom stereocenters. The van der Waals surface area contributed by atoms with Crippen molar-refractivity contribution in [3.8, 4) is 11.1 Å². The molecule has 3 saturated heterocycles. The maximum atomic E-state index is 15.1. The Hall–Kier alpha value is -8.34. The number of nitrogens with one attached hydrogen (secondary N) is 3. The van der Waals surface area contributed by atoms with Crippen LogP contribution in [0.3, 0.4) is 0 Å². The summed E-state index contributed by atoms with van der Waals surface area (Å²) in [7, 11) is 0.